The van der Waals surface area contributed by atoms with Crippen molar-refractivity contribution in [2.45, 2.75) is 24.3 Å². The number of thioether (sulfide) groups is 1. The summed E-state index contributed by atoms with van der Waals surface area (Å²) in [5, 5.41) is 12.3. The van der Waals surface area contributed by atoms with Gasteiger partial charge in [0.2, 0.25) is 0 Å². The Morgan fingerprint density at radius 1 is 1.14 bits per heavy atom. The lowest BCUT2D eigenvalue weighted by molar-refractivity contribution is 0.414. The molecule has 0 bridgehead atoms. The normalized spacial score (nSPS) is 10.9. The highest BCUT2D eigenvalue weighted by molar-refractivity contribution is 7.98. The zero-order valence-electron chi connectivity index (χ0n) is 15.7. The van der Waals surface area contributed by atoms with E-state index in [1.165, 1.54) is 5.56 Å². The molecule has 28 heavy (non-hydrogen) atoms. The molecule has 0 radical (unpaired) electrons. The van der Waals surface area contributed by atoms with Gasteiger partial charge in [0, 0.05) is 22.8 Å². The molecule has 2 aromatic heterocycles. The van der Waals surface area contributed by atoms with Crippen molar-refractivity contribution in [1.82, 2.24) is 19.7 Å². The van der Waals surface area contributed by atoms with Crippen molar-refractivity contribution < 1.29 is 4.74 Å². The van der Waals surface area contributed by atoms with Crippen LogP contribution in [0, 0.1) is 0 Å². The summed E-state index contributed by atoms with van der Waals surface area (Å²) < 4.78 is 7.27. The van der Waals surface area contributed by atoms with Gasteiger partial charge < -0.3 is 4.74 Å². The van der Waals surface area contributed by atoms with E-state index in [0.29, 0.717) is 0 Å². The fourth-order valence-electron chi connectivity index (χ4n) is 2.79. The van der Waals surface area contributed by atoms with E-state index in [2.05, 4.69) is 46.8 Å². The quantitative estimate of drug-likeness (QED) is 0.391. The molecular weight excluding hydrogens is 388 g/mol. The van der Waals surface area contributed by atoms with Crippen LogP contribution in [0.1, 0.15) is 18.2 Å². The van der Waals surface area contributed by atoms with Crippen molar-refractivity contribution in [1.29, 1.82) is 0 Å². The summed E-state index contributed by atoms with van der Waals surface area (Å²) in [6, 6.07) is 16.5. The fourth-order valence-corrected chi connectivity index (χ4v) is 4.54. The molecule has 0 aliphatic heterocycles. The number of methoxy groups -OCH3 is 1. The molecule has 5 nitrogen and oxygen atoms in total. The second-order valence-corrected chi connectivity index (χ2v) is 7.97. The van der Waals surface area contributed by atoms with Crippen molar-refractivity contribution >= 4 is 23.1 Å². The number of rotatable bonds is 7. The minimum Gasteiger partial charge on any atom is -0.497 e. The summed E-state index contributed by atoms with van der Waals surface area (Å²) in [7, 11) is 1.66. The number of ether oxygens (including phenoxy) is 1. The highest BCUT2D eigenvalue weighted by Gasteiger charge is 2.11. The van der Waals surface area contributed by atoms with Crippen LogP contribution >= 0.6 is 23.1 Å². The van der Waals surface area contributed by atoms with Crippen LogP contribution < -0.4 is 4.74 Å². The minimum atomic E-state index is 0.742. The van der Waals surface area contributed by atoms with Gasteiger partial charge in [0.25, 0.3) is 0 Å². The summed E-state index contributed by atoms with van der Waals surface area (Å²) in [6.07, 6.45) is 2.77. The Morgan fingerprint density at radius 3 is 2.79 bits per heavy atom. The van der Waals surface area contributed by atoms with Crippen LogP contribution in [0.5, 0.6) is 5.75 Å². The Morgan fingerprint density at radius 2 is 2.00 bits per heavy atom. The molecule has 0 fully saturated rings. The summed E-state index contributed by atoms with van der Waals surface area (Å²) in [4.78, 5) is 4.79. The maximum Gasteiger partial charge on any atom is 0.195 e. The first kappa shape index (κ1) is 18.7. The van der Waals surface area contributed by atoms with Gasteiger partial charge in [0.05, 0.1) is 18.5 Å². The van der Waals surface area contributed by atoms with Crippen LogP contribution in [-0.2, 0) is 12.2 Å². The first-order valence-corrected chi connectivity index (χ1v) is 10.8. The summed E-state index contributed by atoms with van der Waals surface area (Å²) in [5.74, 6) is 1.55. The highest BCUT2D eigenvalue weighted by Crippen LogP contribution is 2.29. The monoisotopic (exact) mass is 408 g/mol. The number of benzene rings is 2. The predicted octanol–water partition coefficient (Wildman–Crippen LogP) is 5.25. The molecule has 2 heterocycles. The van der Waals surface area contributed by atoms with Crippen LogP contribution in [0.15, 0.2) is 65.4 Å². The van der Waals surface area contributed by atoms with Crippen molar-refractivity contribution in [2.24, 2.45) is 0 Å². The molecule has 0 unspecified atom stereocenters. The SMILES string of the molecule is CCc1ccc(-c2nc(CSc3nncn3-c3cccc(OC)c3)cs2)cc1. The molecular formula is C21H20N4OS2. The number of thiazole rings is 1. The molecule has 0 saturated carbocycles. The highest BCUT2D eigenvalue weighted by atomic mass is 32.2. The number of hydrogen-bond acceptors (Lipinski definition) is 6. The Kier molecular flexibility index (Phi) is 5.73. The summed E-state index contributed by atoms with van der Waals surface area (Å²) in [5.41, 5.74) is 4.53. The van der Waals surface area contributed by atoms with Crippen molar-refractivity contribution in [3.63, 3.8) is 0 Å². The third-order valence-corrected chi connectivity index (χ3v) is 6.27. The van der Waals surface area contributed by atoms with E-state index in [9.17, 15) is 0 Å². The van der Waals surface area contributed by atoms with Gasteiger partial charge in [-0.3, -0.25) is 4.57 Å². The minimum absolute atomic E-state index is 0.742. The average Bonchev–Trinajstić information content (AvgIpc) is 3.42. The molecule has 2 aromatic carbocycles. The smallest absolute Gasteiger partial charge is 0.195 e. The van der Waals surface area contributed by atoms with E-state index in [4.69, 9.17) is 9.72 Å². The van der Waals surface area contributed by atoms with Gasteiger partial charge in [-0.25, -0.2) is 4.98 Å². The molecule has 142 valence electrons. The molecule has 4 rings (SSSR count). The van der Waals surface area contributed by atoms with Crippen LogP contribution in [0.4, 0.5) is 0 Å². The predicted molar refractivity (Wildman–Crippen MR) is 114 cm³/mol. The van der Waals surface area contributed by atoms with Gasteiger partial charge in [0.15, 0.2) is 5.16 Å². The van der Waals surface area contributed by atoms with Gasteiger partial charge >= 0.3 is 0 Å². The van der Waals surface area contributed by atoms with Crippen LogP contribution in [0.25, 0.3) is 16.3 Å². The fraction of sp³-hybridized carbons (Fsp3) is 0.190. The molecule has 0 spiro atoms. The molecule has 0 aliphatic rings. The topological polar surface area (TPSA) is 52.8 Å². The standard InChI is InChI=1S/C21H20N4OS2/c1-3-15-7-9-16(10-8-15)20-23-17(12-27-20)13-28-21-24-22-14-25(21)18-5-4-6-19(11-18)26-2/h4-12,14H,3,13H2,1-2H3. The van der Waals surface area contributed by atoms with E-state index in [1.54, 1.807) is 36.5 Å². The van der Waals surface area contributed by atoms with Gasteiger partial charge in [0.1, 0.15) is 17.1 Å². The second kappa shape index (κ2) is 8.58. The molecule has 0 N–H and O–H groups in total. The first-order valence-electron chi connectivity index (χ1n) is 8.98. The van der Waals surface area contributed by atoms with E-state index in [-0.39, 0.29) is 0 Å². The summed E-state index contributed by atoms with van der Waals surface area (Å²) in [6.45, 7) is 2.16. The van der Waals surface area contributed by atoms with E-state index >= 15 is 0 Å². The van der Waals surface area contributed by atoms with E-state index < -0.39 is 0 Å². The Labute approximate surface area is 172 Å². The van der Waals surface area contributed by atoms with Crippen LogP contribution in [0.3, 0.4) is 0 Å². The zero-order chi connectivity index (χ0) is 19.3. The lowest BCUT2D eigenvalue weighted by Gasteiger charge is -2.07. The van der Waals surface area contributed by atoms with Crippen LogP contribution in [0.2, 0.25) is 0 Å². The van der Waals surface area contributed by atoms with Gasteiger partial charge in [-0.05, 0) is 24.1 Å². The van der Waals surface area contributed by atoms with Gasteiger partial charge in [-0.1, -0.05) is 49.0 Å². The first-order chi connectivity index (χ1) is 13.8. The van der Waals surface area contributed by atoms with Crippen LogP contribution in [-0.4, -0.2) is 26.9 Å². The van der Waals surface area contributed by atoms with Crippen molar-refractivity contribution in [3.05, 3.63) is 71.5 Å². The maximum absolute atomic E-state index is 5.31. The average molecular weight is 409 g/mol. The van der Waals surface area contributed by atoms with E-state index in [1.807, 2.05) is 28.8 Å². The third kappa shape index (κ3) is 4.10. The van der Waals surface area contributed by atoms with Gasteiger partial charge in [-0.15, -0.1) is 21.5 Å². The Hall–Kier alpha value is -2.64. The lowest BCUT2D eigenvalue weighted by Crippen LogP contribution is -1.96. The molecule has 0 aliphatic carbocycles. The van der Waals surface area contributed by atoms with Gasteiger partial charge in [-0.2, -0.15) is 0 Å². The maximum atomic E-state index is 5.31. The summed E-state index contributed by atoms with van der Waals surface area (Å²) >= 11 is 3.30. The van der Waals surface area contributed by atoms with Crippen molar-refractivity contribution in [2.75, 3.05) is 7.11 Å². The molecule has 0 amide bonds. The van der Waals surface area contributed by atoms with Crippen molar-refractivity contribution in [3.8, 4) is 22.0 Å². The number of aromatic nitrogens is 4. The number of aryl methyl sites for hydroxylation is 1. The number of hydrogen-bond donors (Lipinski definition) is 0. The second-order valence-electron chi connectivity index (χ2n) is 6.17. The molecule has 0 atom stereocenters. The Balaban J connectivity index is 1.47. The number of nitrogens with zero attached hydrogens (tertiary/aromatic N) is 4. The zero-order valence-corrected chi connectivity index (χ0v) is 17.3. The molecule has 0 saturated heterocycles. The van der Waals surface area contributed by atoms with E-state index in [0.717, 1.165) is 45.0 Å². The lowest BCUT2D eigenvalue weighted by atomic mass is 10.1. The Bertz CT molecular complexity index is 1060. The molecule has 7 heteroatoms. The molecule has 4 aromatic rings. The third-order valence-electron chi connectivity index (χ3n) is 4.36. The largest absolute Gasteiger partial charge is 0.497 e.